The highest BCUT2D eigenvalue weighted by Crippen LogP contribution is 2.36. The van der Waals surface area contributed by atoms with Crippen molar-refractivity contribution in [2.75, 3.05) is 13.1 Å². The maximum Gasteiger partial charge on any atom is 0.236 e. The second kappa shape index (κ2) is 5.78. The SMILES string of the molecule is C[C@@H]1CCN(C(=O)CC#N)C[C@@H]1c1cnc2n1C1C=CNC1N=C2. The van der Waals surface area contributed by atoms with Crippen molar-refractivity contribution in [1.82, 2.24) is 19.8 Å². The van der Waals surface area contributed by atoms with Gasteiger partial charge in [-0.15, -0.1) is 0 Å². The first-order valence-corrected chi connectivity index (χ1v) is 8.37. The average Bonchev–Trinajstić information content (AvgIpc) is 3.21. The topological polar surface area (TPSA) is 86.3 Å². The van der Waals surface area contributed by atoms with E-state index in [0.29, 0.717) is 12.5 Å². The van der Waals surface area contributed by atoms with Gasteiger partial charge in [-0.1, -0.05) is 6.92 Å². The smallest absolute Gasteiger partial charge is 0.236 e. The summed E-state index contributed by atoms with van der Waals surface area (Å²) in [5, 5.41) is 12.0. The maximum atomic E-state index is 12.1. The van der Waals surface area contributed by atoms with Crippen molar-refractivity contribution in [2.45, 2.75) is 37.9 Å². The number of nitriles is 1. The quantitative estimate of drug-likeness (QED) is 0.884. The minimum Gasteiger partial charge on any atom is -0.368 e. The van der Waals surface area contributed by atoms with Gasteiger partial charge in [0.15, 0.2) is 5.82 Å². The highest BCUT2D eigenvalue weighted by atomic mass is 16.2. The summed E-state index contributed by atoms with van der Waals surface area (Å²) >= 11 is 0. The molecule has 4 atom stereocenters. The summed E-state index contributed by atoms with van der Waals surface area (Å²) < 4.78 is 2.24. The van der Waals surface area contributed by atoms with Crippen LogP contribution in [0, 0.1) is 17.2 Å². The Morgan fingerprint density at radius 1 is 1.54 bits per heavy atom. The van der Waals surface area contributed by atoms with Gasteiger partial charge in [0.2, 0.25) is 5.91 Å². The summed E-state index contributed by atoms with van der Waals surface area (Å²) in [6, 6.07) is 2.10. The lowest BCUT2D eigenvalue weighted by Gasteiger charge is -2.38. The summed E-state index contributed by atoms with van der Waals surface area (Å²) in [5.41, 5.74) is 1.15. The Balaban J connectivity index is 1.65. The van der Waals surface area contributed by atoms with Crippen LogP contribution in [0.25, 0.3) is 0 Å². The Kier molecular flexibility index (Phi) is 3.60. The fraction of sp³-hybridized carbons (Fsp3) is 0.529. The van der Waals surface area contributed by atoms with Crippen molar-refractivity contribution < 1.29 is 4.79 Å². The van der Waals surface area contributed by atoms with E-state index in [9.17, 15) is 4.79 Å². The molecular weight excluding hydrogens is 304 g/mol. The van der Waals surface area contributed by atoms with Crippen LogP contribution in [-0.2, 0) is 4.79 Å². The van der Waals surface area contributed by atoms with Gasteiger partial charge in [-0.2, -0.15) is 5.26 Å². The van der Waals surface area contributed by atoms with E-state index in [1.54, 1.807) is 0 Å². The van der Waals surface area contributed by atoms with Gasteiger partial charge in [0.25, 0.3) is 0 Å². The molecule has 3 aliphatic heterocycles. The van der Waals surface area contributed by atoms with E-state index in [-0.39, 0.29) is 30.5 Å². The van der Waals surface area contributed by atoms with E-state index >= 15 is 0 Å². The molecule has 1 amide bonds. The fourth-order valence-corrected chi connectivity index (χ4v) is 3.91. The number of nitrogens with one attached hydrogen (secondary N) is 1. The van der Waals surface area contributed by atoms with E-state index in [4.69, 9.17) is 5.26 Å². The Morgan fingerprint density at radius 2 is 2.42 bits per heavy atom. The van der Waals surface area contributed by atoms with Crippen LogP contribution in [-0.4, -0.2) is 45.8 Å². The van der Waals surface area contributed by atoms with Crippen molar-refractivity contribution in [2.24, 2.45) is 10.9 Å². The molecule has 0 bridgehead atoms. The van der Waals surface area contributed by atoms with Crippen LogP contribution in [0.4, 0.5) is 0 Å². The van der Waals surface area contributed by atoms with Crippen molar-refractivity contribution in [3.05, 3.63) is 30.0 Å². The van der Waals surface area contributed by atoms with Crippen LogP contribution in [0.1, 0.15) is 43.2 Å². The summed E-state index contributed by atoms with van der Waals surface area (Å²) in [7, 11) is 0. The number of likely N-dealkylation sites (tertiary alicyclic amines) is 1. The summed E-state index contributed by atoms with van der Waals surface area (Å²) in [6.45, 7) is 3.61. The zero-order valence-corrected chi connectivity index (χ0v) is 13.6. The number of piperidine rings is 1. The van der Waals surface area contributed by atoms with Crippen molar-refractivity contribution in [3.8, 4) is 6.07 Å². The minimum atomic E-state index is -0.0744. The average molecular weight is 324 g/mol. The predicted octanol–water partition coefficient (Wildman–Crippen LogP) is 1.17. The van der Waals surface area contributed by atoms with Crippen LogP contribution in [0.3, 0.4) is 0 Å². The largest absolute Gasteiger partial charge is 0.368 e. The molecule has 0 saturated carbocycles. The van der Waals surface area contributed by atoms with Gasteiger partial charge in [0.1, 0.15) is 12.6 Å². The summed E-state index contributed by atoms with van der Waals surface area (Å²) in [6.07, 6.45) is 8.72. The van der Waals surface area contributed by atoms with Crippen molar-refractivity contribution in [3.63, 3.8) is 0 Å². The van der Waals surface area contributed by atoms with E-state index in [2.05, 4.69) is 32.9 Å². The number of fused-ring (bicyclic) bond motifs is 3. The molecular formula is C17H20N6O. The molecule has 3 aliphatic rings. The zero-order chi connectivity index (χ0) is 16.7. The number of aromatic nitrogens is 2. The first-order chi connectivity index (χ1) is 11.7. The van der Waals surface area contributed by atoms with Crippen molar-refractivity contribution >= 4 is 12.1 Å². The Labute approximate surface area is 140 Å². The Hall–Kier alpha value is -2.62. The molecule has 0 aromatic carbocycles. The van der Waals surface area contributed by atoms with E-state index in [0.717, 1.165) is 24.5 Å². The highest BCUT2D eigenvalue weighted by Gasteiger charge is 2.36. The lowest BCUT2D eigenvalue weighted by Crippen LogP contribution is -2.43. The molecule has 1 aromatic rings. The molecule has 1 N–H and O–H groups in total. The molecule has 0 radical (unpaired) electrons. The molecule has 2 unspecified atom stereocenters. The molecule has 7 nitrogen and oxygen atoms in total. The van der Waals surface area contributed by atoms with Crippen LogP contribution >= 0.6 is 0 Å². The van der Waals surface area contributed by atoms with Gasteiger partial charge >= 0.3 is 0 Å². The fourth-order valence-electron chi connectivity index (χ4n) is 3.91. The zero-order valence-electron chi connectivity index (χ0n) is 13.6. The monoisotopic (exact) mass is 324 g/mol. The molecule has 1 aromatic heterocycles. The number of rotatable bonds is 2. The Bertz CT molecular complexity index is 758. The first kappa shape index (κ1) is 14.9. The molecule has 0 aliphatic carbocycles. The third kappa shape index (κ3) is 2.30. The Morgan fingerprint density at radius 3 is 3.25 bits per heavy atom. The number of carbonyl (C=O) groups is 1. The number of imidazole rings is 1. The predicted molar refractivity (Wildman–Crippen MR) is 88.3 cm³/mol. The molecule has 0 spiro atoms. The number of aliphatic imine (C=N–C) groups is 1. The molecule has 24 heavy (non-hydrogen) atoms. The molecule has 1 saturated heterocycles. The highest BCUT2D eigenvalue weighted by molar-refractivity contribution is 5.78. The van der Waals surface area contributed by atoms with Gasteiger partial charge in [0, 0.05) is 30.9 Å². The van der Waals surface area contributed by atoms with Crippen LogP contribution in [0.15, 0.2) is 23.5 Å². The third-order valence-corrected chi connectivity index (χ3v) is 5.31. The summed E-state index contributed by atoms with van der Waals surface area (Å²) in [5.74, 6) is 1.48. The molecule has 7 heteroatoms. The molecule has 4 heterocycles. The first-order valence-electron chi connectivity index (χ1n) is 8.37. The molecule has 124 valence electrons. The second-order valence-electron chi connectivity index (χ2n) is 6.70. The van der Waals surface area contributed by atoms with Gasteiger partial charge in [-0.25, -0.2) is 4.98 Å². The van der Waals surface area contributed by atoms with Gasteiger partial charge < -0.3 is 14.8 Å². The van der Waals surface area contributed by atoms with Crippen LogP contribution < -0.4 is 5.32 Å². The van der Waals surface area contributed by atoms with Gasteiger partial charge in [-0.3, -0.25) is 9.79 Å². The molecule has 4 rings (SSSR count). The van der Waals surface area contributed by atoms with Gasteiger partial charge in [-0.05, 0) is 24.6 Å². The van der Waals surface area contributed by atoms with Crippen LogP contribution in [0.5, 0.6) is 0 Å². The van der Waals surface area contributed by atoms with E-state index in [1.807, 2.05) is 29.6 Å². The number of amides is 1. The second-order valence-corrected chi connectivity index (χ2v) is 6.70. The number of nitrogens with zero attached hydrogens (tertiary/aromatic N) is 5. The number of carbonyl (C=O) groups excluding carboxylic acids is 1. The number of hydrogen-bond donors (Lipinski definition) is 1. The lowest BCUT2D eigenvalue weighted by molar-refractivity contribution is -0.131. The lowest BCUT2D eigenvalue weighted by atomic mass is 9.84. The van der Waals surface area contributed by atoms with Crippen LogP contribution in [0.2, 0.25) is 0 Å². The standard InChI is InChI=1S/C17H20N6O/c1-11-4-7-22(16(24)2-5-18)10-12(11)14-8-20-15-9-21-17-13(23(14)15)3-6-19-17/h3,6,8-9,11-13,17,19H,2,4,7,10H2,1H3/t11-,12+,13?,17?/m1/s1. The van der Waals surface area contributed by atoms with Crippen molar-refractivity contribution in [1.29, 1.82) is 5.26 Å². The van der Waals surface area contributed by atoms with Gasteiger partial charge in [0.05, 0.1) is 18.3 Å². The number of hydrogen-bond acceptors (Lipinski definition) is 5. The third-order valence-electron chi connectivity index (χ3n) is 5.31. The van der Waals surface area contributed by atoms with E-state index in [1.165, 1.54) is 0 Å². The molecule has 1 fully saturated rings. The summed E-state index contributed by atoms with van der Waals surface area (Å²) in [4.78, 5) is 23.0. The van der Waals surface area contributed by atoms with E-state index < -0.39 is 0 Å². The minimum absolute atomic E-state index is 0.0284. The maximum absolute atomic E-state index is 12.1. The normalized spacial score (nSPS) is 30.4.